The standard InChI is InChI=1S/C11H10F2N4O4/c12-11(13,9(18)19)21-17-8-4-7(16-3-1-2-14-16)5-15(6-8)10(17)20/h1-4,8H,5-6H2,(H,18,19). The van der Waals surface area contributed by atoms with E-state index in [9.17, 15) is 18.4 Å². The van der Waals surface area contributed by atoms with Gasteiger partial charge in [-0.15, -0.1) is 0 Å². The molecule has 0 spiro atoms. The lowest BCUT2D eigenvalue weighted by molar-refractivity contribution is -0.324. The third-order valence-electron chi connectivity index (χ3n) is 3.17. The number of carboxylic acid groups (broad SMARTS) is 1. The number of carboxylic acids is 1. The van der Waals surface area contributed by atoms with E-state index in [1.807, 2.05) is 0 Å². The van der Waals surface area contributed by atoms with Gasteiger partial charge in [0, 0.05) is 18.9 Å². The van der Waals surface area contributed by atoms with E-state index < -0.39 is 24.2 Å². The maximum atomic E-state index is 13.1. The number of aliphatic carboxylic acids is 1. The zero-order valence-corrected chi connectivity index (χ0v) is 10.5. The number of fused-ring (bicyclic) bond motifs is 2. The number of carbonyl (C=O) groups is 2. The van der Waals surface area contributed by atoms with Crippen LogP contribution in [0, 0.1) is 0 Å². The summed E-state index contributed by atoms with van der Waals surface area (Å²) in [7, 11) is 0. The van der Waals surface area contributed by atoms with Crippen LogP contribution in [0.2, 0.25) is 0 Å². The molecule has 1 atom stereocenters. The molecule has 3 heterocycles. The minimum Gasteiger partial charge on any atom is -0.475 e. The summed E-state index contributed by atoms with van der Waals surface area (Å²) in [6.07, 6.45) is 0.279. The molecule has 0 aliphatic carbocycles. The second-order valence-electron chi connectivity index (χ2n) is 4.58. The summed E-state index contributed by atoms with van der Waals surface area (Å²) in [5, 5.41) is 12.8. The summed E-state index contributed by atoms with van der Waals surface area (Å²) in [6.45, 7) is 0.328. The van der Waals surface area contributed by atoms with Crippen molar-refractivity contribution >= 4 is 17.7 Å². The Bertz CT molecular complexity index is 616. The average molecular weight is 300 g/mol. The Kier molecular flexibility index (Phi) is 2.90. The van der Waals surface area contributed by atoms with Gasteiger partial charge in [0.05, 0.1) is 18.3 Å². The molecule has 3 rings (SSSR count). The minimum absolute atomic E-state index is 0.152. The van der Waals surface area contributed by atoms with Crippen LogP contribution in [0.4, 0.5) is 13.6 Å². The molecule has 1 unspecified atom stereocenters. The monoisotopic (exact) mass is 300 g/mol. The molecule has 21 heavy (non-hydrogen) atoms. The van der Waals surface area contributed by atoms with Gasteiger partial charge >= 0.3 is 18.1 Å². The molecule has 1 saturated heterocycles. The molecule has 2 bridgehead atoms. The van der Waals surface area contributed by atoms with Crippen LogP contribution in [0.5, 0.6) is 0 Å². The molecule has 0 radical (unpaired) electrons. The van der Waals surface area contributed by atoms with E-state index in [1.54, 1.807) is 24.5 Å². The van der Waals surface area contributed by atoms with Gasteiger partial charge in [-0.25, -0.2) is 14.3 Å². The Morgan fingerprint density at radius 3 is 2.90 bits per heavy atom. The Balaban J connectivity index is 1.85. The van der Waals surface area contributed by atoms with Crippen molar-refractivity contribution in [2.24, 2.45) is 0 Å². The number of hydrogen-bond donors (Lipinski definition) is 1. The molecular formula is C11H10F2N4O4. The fourth-order valence-electron chi connectivity index (χ4n) is 2.24. The Hall–Kier alpha value is -2.49. The summed E-state index contributed by atoms with van der Waals surface area (Å²) in [4.78, 5) is 27.7. The molecule has 8 nitrogen and oxygen atoms in total. The van der Waals surface area contributed by atoms with Crippen LogP contribution in [0.3, 0.4) is 0 Å². The minimum atomic E-state index is -4.46. The van der Waals surface area contributed by atoms with Gasteiger partial charge in [-0.3, -0.25) is 0 Å². The van der Waals surface area contributed by atoms with Gasteiger partial charge in [0.1, 0.15) is 0 Å². The number of nitrogens with zero attached hydrogens (tertiary/aromatic N) is 4. The van der Waals surface area contributed by atoms with Gasteiger partial charge in [-0.2, -0.15) is 23.8 Å². The van der Waals surface area contributed by atoms with E-state index in [2.05, 4.69) is 9.94 Å². The van der Waals surface area contributed by atoms with Crippen LogP contribution in [0.25, 0.3) is 5.70 Å². The first kappa shape index (κ1) is 13.5. The van der Waals surface area contributed by atoms with Gasteiger partial charge in [-0.05, 0) is 12.1 Å². The summed E-state index contributed by atoms with van der Waals surface area (Å²) in [5.74, 6) is -2.46. The van der Waals surface area contributed by atoms with Crippen molar-refractivity contribution < 1.29 is 28.3 Å². The smallest absolute Gasteiger partial charge is 0.475 e. The van der Waals surface area contributed by atoms with Crippen molar-refractivity contribution in [2.75, 3.05) is 13.1 Å². The summed E-state index contributed by atoms with van der Waals surface area (Å²) < 4.78 is 27.8. The molecular weight excluding hydrogens is 290 g/mol. The van der Waals surface area contributed by atoms with Gasteiger partial charge in [0.15, 0.2) is 0 Å². The fourth-order valence-corrected chi connectivity index (χ4v) is 2.24. The number of urea groups is 1. The van der Waals surface area contributed by atoms with Crippen molar-refractivity contribution in [3.05, 3.63) is 24.5 Å². The molecule has 1 N–H and O–H groups in total. The molecule has 2 amide bonds. The Labute approximate surface area is 116 Å². The van der Waals surface area contributed by atoms with E-state index in [0.717, 1.165) is 0 Å². The van der Waals surface area contributed by atoms with Crippen LogP contribution in [0.1, 0.15) is 0 Å². The molecule has 1 aromatic rings. The number of amides is 2. The summed E-state index contributed by atoms with van der Waals surface area (Å²) in [6, 6.07) is 0.0801. The fraction of sp³-hybridized carbons (Fsp3) is 0.364. The van der Waals surface area contributed by atoms with Crippen LogP contribution in [-0.4, -0.2) is 62.1 Å². The Morgan fingerprint density at radius 2 is 2.29 bits per heavy atom. The predicted octanol–water partition coefficient (Wildman–Crippen LogP) is 0.453. The van der Waals surface area contributed by atoms with E-state index in [1.165, 1.54) is 9.58 Å². The van der Waals surface area contributed by atoms with Gasteiger partial charge in [0.25, 0.3) is 0 Å². The lowest BCUT2D eigenvalue weighted by atomic mass is 10.2. The highest BCUT2D eigenvalue weighted by Gasteiger charge is 2.50. The lowest BCUT2D eigenvalue weighted by Crippen LogP contribution is -2.43. The van der Waals surface area contributed by atoms with Crippen molar-refractivity contribution in [3.63, 3.8) is 0 Å². The first-order valence-corrected chi connectivity index (χ1v) is 5.97. The number of rotatable bonds is 4. The van der Waals surface area contributed by atoms with Gasteiger partial charge in [-0.1, -0.05) is 0 Å². The summed E-state index contributed by atoms with van der Waals surface area (Å²) >= 11 is 0. The van der Waals surface area contributed by atoms with Crippen LogP contribution >= 0.6 is 0 Å². The predicted molar refractivity (Wildman–Crippen MR) is 62.8 cm³/mol. The average Bonchev–Trinajstić information content (AvgIpc) is 3.03. The highest BCUT2D eigenvalue weighted by Crippen LogP contribution is 2.30. The van der Waals surface area contributed by atoms with E-state index >= 15 is 0 Å². The van der Waals surface area contributed by atoms with E-state index in [-0.39, 0.29) is 13.1 Å². The zero-order chi connectivity index (χ0) is 15.2. The highest BCUT2D eigenvalue weighted by atomic mass is 19.3. The normalized spacial score (nSPS) is 21.7. The molecule has 1 aromatic heterocycles. The third kappa shape index (κ3) is 2.23. The van der Waals surface area contributed by atoms with Crippen molar-refractivity contribution in [3.8, 4) is 0 Å². The lowest BCUT2D eigenvalue weighted by Gasteiger charge is -2.23. The zero-order valence-electron chi connectivity index (χ0n) is 10.5. The number of carbonyl (C=O) groups excluding carboxylic acids is 1. The second-order valence-corrected chi connectivity index (χ2v) is 4.58. The molecule has 0 aromatic carbocycles. The second kappa shape index (κ2) is 4.52. The van der Waals surface area contributed by atoms with E-state index in [0.29, 0.717) is 10.8 Å². The Morgan fingerprint density at radius 1 is 1.52 bits per heavy atom. The number of hydrogen-bond acceptors (Lipinski definition) is 4. The van der Waals surface area contributed by atoms with Gasteiger partial charge in [0.2, 0.25) is 0 Å². The maximum absolute atomic E-state index is 13.1. The first-order chi connectivity index (χ1) is 9.88. The molecule has 0 saturated carbocycles. The number of hydroxylamine groups is 2. The first-order valence-electron chi connectivity index (χ1n) is 5.97. The highest BCUT2D eigenvalue weighted by molar-refractivity contribution is 5.80. The molecule has 10 heteroatoms. The van der Waals surface area contributed by atoms with Crippen LogP contribution in [0.15, 0.2) is 24.5 Å². The number of halogens is 2. The number of aromatic nitrogens is 2. The largest absolute Gasteiger partial charge is 0.476 e. The topological polar surface area (TPSA) is 87.9 Å². The maximum Gasteiger partial charge on any atom is 0.476 e. The SMILES string of the molecule is O=C1N2CC(n3cccn3)=CC(C2)N1OC(F)(F)C(=O)O. The quantitative estimate of drug-likeness (QED) is 0.872. The van der Waals surface area contributed by atoms with Crippen LogP contribution < -0.4 is 0 Å². The van der Waals surface area contributed by atoms with Crippen molar-refractivity contribution in [1.82, 2.24) is 19.7 Å². The van der Waals surface area contributed by atoms with Crippen LogP contribution in [-0.2, 0) is 9.63 Å². The molecule has 2 aliphatic heterocycles. The molecule has 112 valence electrons. The van der Waals surface area contributed by atoms with Crippen molar-refractivity contribution in [1.29, 1.82) is 0 Å². The van der Waals surface area contributed by atoms with E-state index in [4.69, 9.17) is 5.11 Å². The molecule has 2 aliphatic rings. The summed E-state index contributed by atoms with van der Waals surface area (Å²) in [5.41, 5.74) is 0.620. The molecule has 1 fully saturated rings. The number of alkyl halides is 2. The van der Waals surface area contributed by atoms with Crippen molar-refractivity contribution in [2.45, 2.75) is 12.2 Å². The van der Waals surface area contributed by atoms with Gasteiger partial charge < -0.3 is 10.0 Å². The third-order valence-corrected chi connectivity index (χ3v) is 3.17.